The highest BCUT2D eigenvalue weighted by Crippen LogP contribution is 2.33. The number of nitrogens with one attached hydrogen (secondary N) is 1. The molecule has 0 atom stereocenters. The van der Waals surface area contributed by atoms with Gasteiger partial charge in [0.2, 0.25) is 0 Å². The van der Waals surface area contributed by atoms with Crippen LogP contribution in [0.1, 0.15) is 0 Å². The zero-order chi connectivity index (χ0) is 10.1. The second kappa shape index (κ2) is 3.93. The van der Waals surface area contributed by atoms with Crippen LogP contribution in [0.25, 0.3) is 11.1 Å². The summed E-state index contributed by atoms with van der Waals surface area (Å²) in [6.45, 7) is 0. The van der Waals surface area contributed by atoms with Crippen molar-refractivity contribution in [3.8, 4) is 11.1 Å². The van der Waals surface area contributed by atoms with Crippen molar-refractivity contribution in [3.63, 3.8) is 0 Å². The molecule has 5 heteroatoms. The molecule has 72 valence electrons. The molecule has 0 aliphatic heterocycles. The molecule has 1 aromatic heterocycles. The maximum atomic E-state index is 5.91. The Hall–Kier alpha value is -0.510. The minimum absolute atomic E-state index is 0.383. The van der Waals surface area contributed by atoms with E-state index in [0.29, 0.717) is 10.3 Å². The van der Waals surface area contributed by atoms with Crippen molar-refractivity contribution in [2.45, 2.75) is 0 Å². The van der Waals surface area contributed by atoms with Crippen LogP contribution < -0.4 is 0 Å². The molecule has 1 aromatic carbocycles. The van der Waals surface area contributed by atoms with E-state index in [-0.39, 0.29) is 0 Å². The monoisotopic (exact) mass is 290 g/mol. The molecule has 0 bridgehead atoms. The molecule has 0 radical (unpaired) electrons. The van der Waals surface area contributed by atoms with Crippen LogP contribution in [0.4, 0.5) is 0 Å². The molecular formula is C9H5BrCl2N2. The third-order valence-electron chi connectivity index (χ3n) is 1.79. The normalized spacial score (nSPS) is 10.5. The van der Waals surface area contributed by atoms with E-state index in [1.807, 2.05) is 24.3 Å². The van der Waals surface area contributed by atoms with Crippen molar-refractivity contribution in [3.05, 3.63) is 39.0 Å². The Balaban J connectivity index is 2.59. The number of halogens is 3. The van der Waals surface area contributed by atoms with E-state index in [1.165, 1.54) is 0 Å². The minimum atomic E-state index is 0.383. The topological polar surface area (TPSA) is 28.7 Å². The second-order valence-electron chi connectivity index (χ2n) is 2.71. The number of rotatable bonds is 1. The lowest BCUT2D eigenvalue weighted by Crippen LogP contribution is -1.76. The van der Waals surface area contributed by atoms with Crippen LogP contribution in [0.3, 0.4) is 0 Å². The summed E-state index contributed by atoms with van der Waals surface area (Å²) < 4.78 is 0.975. The average molecular weight is 292 g/mol. The summed E-state index contributed by atoms with van der Waals surface area (Å²) in [6, 6.07) is 7.71. The molecule has 0 fully saturated rings. The van der Waals surface area contributed by atoms with Crippen molar-refractivity contribution >= 4 is 39.1 Å². The van der Waals surface area contributed by atoms with Crippen LogP contribution in [0.15, 0.2) is 28.7 Å². The minimum Gasteiger partial charge on any atom is -0.265 e. The molecule has 2 rings (SSSR count). The average Bonchev–Trinajstić information content (AvgIpc) is 2.46. The zero-order valence-electron chi connectivity index (χ0n) is 6.89. The molecule has 0 saturated heterocycles. The van der Waals surface area contributed by atoms with Crippen molar-refractivity contribution < 1.29 is 0 Å². The lowest BCUT2D eigenvalue weighted by Gasteiger charge is -1.99. The lowest BCUT2D eigenvalue weighted by atomic mass is 10.1. The number of hydrogen-bond acceptors (Lipinski definition) is 1. The maximum Gasteiger partial charge on any atom is 0.160 e. The molecule has 14 heavy (non-hydrogen) atoms. The first-order chi connectivity index (χ1) is 6.68. The molecule has 2 nitrogen and oxygen atoms in total. The first-order valence-electron chi connectivity index (χ1n) is 3.84. The van der Waals surface area contributed by atoms with E-state index >= 15 is 0 Å². The number of benzene rings is 1. The Morgan fingerprint density at radius 3 is 2.64 bits per heavy atom. The van der Waals surface area contributed by atoms with E-state index in [0.717, 1.165) is 15.6 Å². The van der Waals surface area contributed by atoms with Crippen LogP contribution in [0, 0.1) is 0 Å². The first-order valence-corrected chi connectivity index (χ1v) is 5.38. The molecule has 0 unspecified atom stereocenters. The van der Waals surface area contributed by atoms with E-state index < -0.39 is 0 Å². The van der Waals surface area contributed by atoms with Gasteiger partial charge in [-0.3, -0.25) is 5.10 Å². The van der Waals surface area contributed by atoms with Gasteiger partial charge in [0.15, 0.2) is 5.15 Å². The highest BCUT2D eigenvalue weighted by atomic mass is 79.9. The Kier molecular flexibility index (Phi) is 2.81. The molecule has 1 heterocycles. The summed E-state index contributed by atoms with van der Waals surface area (Å²) in [5.74, 6) is 0. The standard InChI is InChI=1S/C9H5BrCl2N2/c10-6-3-1-2-5(4-6)7-8(11)13-14-9(7)12/h1-4H,(H,13,14). The molecule has 2 aromatic rings. The van der Waals surface area contributed by atoms with Crippen molar-refractivity contribution in [1.82, 2.24) is 10.2 Å². The fraction of sp³-hybridized carbons (Fsp3) is 0. The van der Waals surface area contributed by atoms with Gasteiger partial charge < -0.3 is 0 Å². The number of aromatic nitrogens is 2. The Labute approximate surface area is 99.4 Å². The van der Waals surface area contributed by atoms with Gasteiger partial charge in [-0.25, -0.2) is 0 Å². The van der Waals surface area contributed by atoms with Crippen molar-refractivity contribution in [1.29, 1.82) is 0 Å². The summed E-state index contributed by atoms with van der Waals surface area (Å²) >= 11 is 15.2. The molecule has 0 saturated carbocycles. The van der Waals surface area contributed by atoms with Crippen molar-refractivity contribution in [2.24, 2.45) is 0 Å². The Morgan fingerprint density at radius 2 is 2.07 bits per heavy atom. The predicted octanol–water partition coefficient (Wildman–Crippen LogP) is 4.15. The van der Waals surface area contributed by atoms with Crippen molar-refractivity contribution in [2.75, 3.05) is 0 Å². The van der Waals surface area contributed by atoms with Gasteiger partial charge in [-0.05, 0) is 17.7 Å². The first kappa shape index (κ1) is 10.0. The number of aromatic amines is 1. The van der Waals surface area contributed by atoms with E-state index in [2.05, 4.69) is 26.1 Å². The number of nitrogens with zero attached hydrogens (tertiary/aromatic N) is 1. The van der Waals surface area contributed by atoms with E-state index in [9.17, 15) is 0 Å². The van der Waals surface area contributed by atoms with Crippen LogP contribution in [-0.4, -0.2) is 10.2 Å². The lowest BCUT2D eigenvalue weighted by molar-refractivity contribution is 1.09. The third kappa shape index (κ3) is 1.80. The molecule has 0 aliphatic carbocycles. The highest BCUT2D eigenvalue weighted by Gasteiger charge is 2.11. The van der Waals surface area contributed by atoms with E-state index in [4.69, 9.17) is 23.2 Å². The Morgan fingerprint density at radius 1 is 1.29 bits per heavy atom. The Bertz CT molecular complexity index is 448. The fourth-order valence-corrected chi connectivity index (χ4v) is 2.12. The van der Waals surface area contributed by atoms with Gasteiger partial charge in [-0.2, -0.15) is 5.10 Å². The van der Waals surface area contributed by atoms with E-state index in [1.54, 1.807) is 0 Å². The van der Waals surface area contributed by atoms with Crippen LogP contribution >= 0.6 is 39.1 Å². The maximum absolute atomic E-state index is 5.91. The quantitative estimate of drug-likeness (QED) is 0.840. The highest BCUT2D eigenvalue weighted by molar-refractivity contribution is 9.10. The molecular weight excluding hydrogens is 287 g/mol. The summed E-state index contributed by atoms with van der Waals surface area (Å²) in [4.78, 5) is 0. The van der Waals surface area contributed by atoms with Gasteiger partial charge in [0.25, 0.3) is 0 Å². The summed E-state index contributed by atoms with van der Waals surface area (Å²) in [5.41, 5.74) is 1.66. The van der Waals surface area contributed by atoms with Gasteiger partial charge in [0.1, 0.15) is 5.15 Å². The van der Waals surface area contributed by atoms with Gasteiger partial charge in [-0.15, -0.1) is 0 Å². The van der Waals surface area contributed by atoms with Gasteiger partial charge in [0, 0.05) is 4.47 Å². The SMILES string of the molecule is Clc1n[nH]c(Cl)c1-c1cccc(Br)c1. The fourth-order valence-electron chi connectivity index (χ4n) is 1.19. The van der Waals surface area contributed by atoms with Gasteiger partial charge in [-0.1, -0.05) is 51.3 Å². The van der Waals surface area contributed by atoms with Gasteiger partial charge >= 0.3 is 0 Å². The zero-order valence-corrected chi connectivity index (χ0v) is 9.99. The number of hydrogen-bond donors (Lipinski definition) is 1. The largest absolute Gasteiger partial charge is 0.265 e. The third-order valence-corrected chi connectivity index (χ3v) is 2.83. The summed E-state index contributed by atoms with van der Waals surface area (Å²) in [5, 5.41) is 7.27. The van der Waals surface area contributed by atoms with Crippen LogP contribution in [0.2, 0.25) is 10.3 Å². The predicted molar refractivity (Wildman–Crippen MR) is 61.7 cm³/mol. The molecule has 0 spiro atoms. The summed E-state index contributed by atoms with van der Waals surface area (Å²) in [6.07, 6.45) is 0. The smallest absolute Gasteiger partial charge is 0.160 e. The molecule has 0 aliphatic rings. The molecule has 0 amide bonds. The van der Waals surface area contributed by atoms with Gasteiger partial charge in [0.05, 0.1) is 5.56 Å². The summed E-state index contributed by atoms with van der Waals surface area (Å²) in [7, 11) is 0. The van der Waals surface area contributed by atoms with Crippen LogP contribution in [-0.2, 0) is 0 Å². The van der Waals surface area contributed by atoms with Crippen LogP contribution in [0.5, 0.6) is 0 Å². The second-order valence-corrected chi connectivity index (χ2v) is 4.37. The number of H-pyrrole nitrogens is 1. The molecule has 1 N–H and O–H groups in total.